The lowest BCUT2D eigenvalue weighted by atomic mass is 10.0. The van der Waals surface area contributed by atoms with Crippen LogP contribution in [0.2, 0.25) is 0 Å². The molecule has 2 nitrogen and oxygen atoms in total. The summed E-state index contributed by atoms with van der Waals surface area (Å²) in [6, 6.07) is 6.93. The molecule has 2 N–H and O–H groups in total. The highest BCUT2D eigenvalue weighted by molar-refractivity contribution is 5.30. The normalized spacial score (nSPS) is 19.1. The maximum atomic E-state index is 9.83. The van der Waals surface area contributed by atoms with Gasteiger partial charge in [-0.3, -0.25) is 0 Å². The summed E-state index contributed by atoms with van der Waals surface area (Å²) in [6.07, 6.45) is 2.23. The first-order valence-electron chi connectivity index (χ1n) is 6.56. The van der Waals surface area contributed by atoms with Crippen LogP contribution in [-0.4, -0.2) is 17.8 Å². The van der Waals surface area contributed by atoms with Crippen LogP contribution in [0.1, 0.15) is 42.5 Å². The van der Waals surface area contributed by atoms with Crippen molar-refractivity contribution in [2.24, 2.45) is 5.92 Å². The number of hydrogen-bond donors (Lipinski definition) is 2. The number of benzene rings is 1. The van der Waals surface area contributed by atoms with E-state index in [0.29, 0.717) is 18.5 Å². The van der Waals surface area contributed by atoms with Crippen molar-refractivity contribution in [3.63, 3.8) is 0 Å². The molecule has 0 spiro atoms. The zero-order valence-electron chi connectivity index (χ0n) is 11.0. The van der Waals surface area contributed by atoms with Gasteiger partial charge < -0.3 is 10.4 Å². The third-order valence-corrected chi connectivity index (χ3v) is 3.54. The van der Waals surface area contributed by atoms with Crippen LogP contribution in [0, 0.1) is 19.8 Å². The third-order valence-electron chi connectivity index (χ3n) is 3.54. The first kappa shape index (κ1) is 12.6. The molecule has 2 atom stereocenters. The van der Waals surface area contributed by atoms with E-state index in [2.05, 4.69) is 44.3 Å². The van der Waals surface area contributed by atoms with Gasteiger partial charge >= 0.3 is 0 Å². The van der Waals surface area contributed by atoms with Gasteiger partial charge in [0, 0.05) is 12.6 Å². The number of aryl methyl sites for hydroxylation is 2. The second kappa shape index (κ2) is 5.19. The van der Waals surface area contributed by atoms with Gasteiger partial charge in [0.15, 0.2) is 0 Å². The Balaban J connectivity index is 1.91. The minimum absolute atomic E-state index is 0.164. The van der Waals surface area contributed by atoms with E-state index in [4.69, 9.17) is 0 Å². The molecule has 1 fully saturated rings. The Morgan fingerprint density at radius 2 is 1.82 bits per heavy atom. The summed E-state index contributed by atoms with van der Waals surface area (Å²) >= 11 is 0. The fraction of sp³-hybridized carbons (Fsp3) is 0.600. The van der Waals surface area contributed by atoms with Crippen LogP contribution in [0.15, 0.2) is 18.2 Å². The van der Waals surface area contributed by atoms with E-state index in [-0.39, 0.29) is 6.10 Å². The van der Waals surface area contributed by atoms with Crippen LogP contribution < -0.4 is 5.32 Å². The van der Waals surface area contributed by atoms with E-state index in [0.717, 1.165) is 0 Å². The number of aliphatic hydroxyl groups is 1. The van der Waals surface area contributed by atoms with Gasteiger partial charge in [0.2, 0.25) is 0 Å². The summed E-state index contributed by atoms with van der Waals surface area (Å²) in [5.41, 5.74) is 3.92. The molecule has 0 saturated heterocycles. The molecule has 0 radical (unpaired) electrons. The summed E-state index contributed by atoms with van der Waals surface area (Å²) in [5, 5.41) is 13.3. The minimum atomic E-state index is -0.164. The molecule has 17 heavy (non-hydrogen) atoms. The van der Waals surface area contributed by atoms with Gasteiger partial charge in [0.25, 0.3) is 0 Å². The largest absolute Gasteiger partial charge is 0.392 e. The second-order valence-electron chi connectivity index (χ2n) is 5.46. The highest BCUT2D eigenvalue weighted by atomic mass is 16.3. The fourth-order valence-corrected chi connectivity index (χ4v) is 2.32. The van der Waals surface area contributed by atoms with Gasteiger partial charge in [-0.2, -0.15) is 0 Å². The zero-order chi connectivity index (χ0) is 12.4. The van der Waals surface area contributed by atoms with Crippen molar-refractivity contribution in [2.45, 2.75) is 45.8 Å². The molecule has 0 aliphatic heterocycles. The first-order valence-corrected chi connectivity index (χ1v) is 6.56. The minimum Gasteiger partial charge on any atom is -0.392 e. The van der Waals surface area contributed by atoms with Gasteiger partial charge in [0.05, 0.1) is 6.10 Å². The van der Waals surface area contributed by atoms with E-state index in [9.17, 15) is 5.11 Å². The van der Waals surface area contributed by atoms with Crippen molar-refractivity contribution >= 4 is 0 Å². The predicted molar refractivity (Wildman–Crippen MR) is 71.1 cm³/mol. The molecule has 1 aromatic carbocycles. The van der Waals surface area contributed by atoms with Gasteiger partial charge in [-0.1, -0.05) is 29.3 Å². The van der Waals surface area contributed by atoms with Crippen molar-refractivity contribution in [2.75, 3.05) is 6.54 Å². The third kappa shape index (κ3) is 3.55. The molecular weight excluding hydrogens is 210 g/mol. The molecule has 94 valence electrons. The van der Waals surface area contributed by atoms with E-state index < -0.39 is 0 Å². The molecule has 0 amide bonds. The van der Waals surface area contributed by atoms with Crippen molar-refractivity contribution in [1.29, 1.82) is 0 Å². The van der Waals surface area contributed by atoms with E-state index in [1.165, 1.54) is 29.5 Å². The topological polar surface area (TPSA) is 32.3 Å². The molecule has 2 unspecified atom stereocenters. The summed E-state index contributed by atoms with van der Waals surface area (Å²) in [6.45, 7) is 7.12. The lowest BCUT2D eigenvalue weighted by molar-refractivity contribution is 0.145. The lowest BCUT2D eigenvalue weighted by Crippen LogP contribution is -2.30. The quantitative estimate of drug-likeness (QED) is 0.819. The average Bonchev–Trinajstić information content (AvgIpc) is 3.07. The Hall–Kier alpha value is -0.860. The number of nitrogens with one attached hydrogen (secondary N) is 1. The Morgan fingerprint density at radius 1 is 1.24 bits per heavy atom. The molecule has 0 bridgehead atoms. The van der Waals surface area contributed by atoms with Crippen LogP contribution in [0.5, 0.6) is 0 Å². The van der Waals surface area contributed by atoms with Gasteiger partial charge in [-0.25, -0.2) is 0 Å². The Bertz CT molecular complexity index is 364. The first-order chi connectivity index (χ1) is 8.06. The SMILES string of the molecule is Cc1cc(C)cc(C(C)NCC(O)C2CC2)c1. The Morgan fingerprint density at radius 3 is 2.35 bits per heavy atom. The van der Waals surface area contributed by atoms with Crippen molar-refractivity contribution in [1.82, 2.24) is 5.32 Å². The summed E-state index contributed by atoms with van der Waals surface area (Å²) in [5.74, 6) is 0.550. The average molecular weight is 233 g/mol. The molecule has 0 heterocycles. The van der Waals surface area contributed by atoms with Crippen molar-refractivity contribution in [3.8, 4) is 0 Å². The number of hydrogen-bond acceptors (Lipinski definition) is 2. The molecule has 2 heteroatoms. The van der Waals surface area contributed by atoms with E-state index in [1.54, 1.807) is 0 Å². The van der Waals surface area contributed by atoms with Crippen molar-refractivity contribution < 1.29 is 5.11 Å². The second-order valence-corrected chi connectivity index (χ2v) is 5.46. The highest BCUT2D eigenvalue weighted by Gasteiger charge is 2.29. The summed E-state index contributed by atoms with van der Waals surface area (Å²) in [7, 11) is 0. The Labute approximate surface area is 104 Å². The number of aliphatic hydroxyl groups excluding tert-OH is 1. The van der Waals surface area contributed by atoms with Crippen LogP contribution in [-0.2, 0) is 0 Å². The van der Waals surface area contributed by atoms with Crippen molar-refractivity contribution in [3.05, 3.63) is 34.9 Å². The standard InChI is InChI=1S/C15H23NO/c1-10-6-11(2)8-14(7-10)12(3)16-9-15(17)13-4-5-13/h6-8,12-13,15-17H,4-5,9H2,1-3H3. The van der Waals surface area contributed by atoms with Crippen LogP contribution in [0.4, 0.5) is 0 Å². The monoisotopic (exact) mass is 233 g/mol. The van der Waals surface area contributed by atoms with Crippen LogP contribution >= 0.6 is 0 Å². The summed E-state index contributed by atoms with van der Waals surface area (Å²) in [4.78, 5) is 0. The highest BCUT2D eigenvalue weighted by Crippen LogP contribution is 2.32. The zero-order valence-corrected chi connectivity index (χ0v) is 11.0. The van der Waals surface area contributed by atoms with Crippen LogP contribution in [0.3, 0.4) is 0 Å². The molecule has 1 aromatic rings. The number of rotatable bonds is 5. The predicted octanol–water partition coefficient (Wildman–Crippen LogP) is 2.72. The maximum Gasteiger partial charge on any atom is 0.0692 e. The van der Waals surface area contributed by atoms with E-state index in [1.807, 2.05) is 0 Å². The molecule has 1 aliphatic rings. The maximum absolute atomic E-state index is 9.83. The molecule has 1 aliphatic carbocycles. The van der Waals surface area contributed by atoms with Gasteiger partial charge in [0.1, 0.15) is 0 Å². The summed E-state index contributed by atoms with van der Waals surface area (Å²) < 4.78 is 0. The Kier molecular flexibility index (Phi) is 3.85. The van der Waals surface area contributed by atoms with Gasteiger partial charge in [-0.05, 0) is 45.1 Å². The molecular formula is C15H23NO. The fourth-order valence-electron chi connectivity index (χ4n) is 2.32. The smallest absolute Gasteiger partial charge is 0.0692 e. The molecule has 2 rings (SSSR count). The van der Waals surface area contributed by atoms with E-state index >= 15 is 0 Å². The lowest BCUT2D eigenvalue weighted by Gasteiger charge is -2.18. The van der Waals surface area contributed by atoms with Crippen LogP contribution in [0.25, 0.3) is 0 Å². The molecule has 1 saturated carbocycles. The molecule has 0 aromatic heterocycles. The van der Waals surface area contributed by atoms with Gasteiger partial charge in [-0.15, -0.1) is 0 Å².